The highest BCUT2D eigenvalue weighted by Crippen LogP contribution is 2.27. The molecular weight excluding hydrogens is 495 g/mol. The van der Waals surface area contributed by atoms with Gasteiger partial charge in [0.1, 0.15) is 11.9 Å². The van der Waals surface area contributed by atoms with Crippen LogP contribution in [0.2, 0.25) is 0 Å². The fourth-order valence-electron chi connectivity index (χ4n) is 5.11. The lowest BCUT2D eigenvalue weighted by molar-refractivity contribution is -0.171. The van der Waals surface area contributed by atoms with Crippen molar-refractivity contribution < 1.29 is 32.2 Å². The highest BCUT2D eigenvalue weighted by Gasteiger charge is 2.37. The topological polar surface area (TPSA) is 55.8 Å². The maximum Gasteiger partial charge on any atom is 0.449 e. The van der Waals surface area contributed by atoms with Crippen LogP contribution in [0, 0.1) is 0 Å². The molecule has 2 atom stereocenters. The van der Waals surface area contributed by atoms with Crippen LogP contribution in [0.4, 0.5) is 13.2 Å². The zero-order chi connectivity index (χ0) is 27.8. The summed E-state index contributed by atoms with van der Waals surface area (Å²) in [7, 11) is 1.41. The first-order valence-electron chi connectivity index (χ1n) is 14.4. The van der Waals surface area contributed by atoms with Gasteiger partial charge in [-0.05, 0) is 43.5 Å². The van der Waals surface area contributed by atoms with Gasteiger partial charge in [-0.3, -0.25) is 14.5 Å². The molecule has 2 rings (SSSR count). The second-order valence-electron chi connectivity index (χ2n) is 10.5. The summed E-state index contributed by atoms with van der Waals surface area (Å²) in [4.78, 5) is 25.3. The average Bonchev–Trinajstić information content (AvgIpc) is 3.28. The van der Waals surface area contributed by atoms with Gasteiger partial charge < -0.3 is 9.47 Å². The number of carbonyl (C=O) groups excluding carboxylic acids is 2. The number of carbonyl (C=O) groups is 2. The van der Waals surface area contributed by atoms with E-state index in [4.69, 9.17) is 9.47 Å². The number of rotatable bonds is 19. The number of benzene rings is 1. The Balaban J connectivity index is 1.77. The number of ether oxygens (including phenoxy) is 2. The van der Waals surface area contributed by atoms with Crippen LogP contribution in [0.1, 0.15) is 102 Å². The van der Waals surface area contributed by atoms with Crippen LogP contribution in [0.25, 0.3) is 0 Å². The Kier molecular flexibility index (Phi) is 14.8. The predicted molar refractivity (Wildman–Crippen MR) is 143 cm³/mol. The van der Waals surface area contributed by atoms with Crippen molar-refractivity contribution in [2.24, 2.45) is 0 Å². The molecule has 1 aliphatic rings. The van der Waals surface area contributed by atoms with Gasteiger partial charge >= 0.3 is 12.1 Å². The lowest BCUT2D eigenvalue weighted by Crippen LogP contribution is -2.31. The van der Waals surface area contributed by atoms with E-state index in [2.05, 4.69) is 11.8 Å². The molecule has 0 unspecified atom stereocenters. The summed E-state index contributed by atoms with van der Waals surface area (Å²) < 4.78 is 48.3. The van der Waals surface area contributed by atoms with E-state index in [9.17, 15) is 22.8 Å². The Labute approximate surface area is 226 Å². The lowest BCUT2D eigenvalue weighted by atomic mass is 10.1. The maximum atomic E-state index is 12.4. The number of hydrogen-bond donors (Lipinski definition) is 0. The number of alkyl halides is 3. The Morgan fingerprint density at radius 3 is 2.11 bits per heavy atom. The number of aryl methyl sites for hydroxylation is 1. The standard InChI is InChI=1S/C30H46F3NO4/c1-3-4-5-6-7-8-9-10-11-12-21-34-23-27(22-25(34)16-20-29(36)37-2)38-26-17-13-24(14-18-26)15-19-28(35)30(31,32)33/h13-14,17-18,25,27H,3-12,15-16,19-23H2,1-2H3/t25-,27-/m0/s1. The van der Waals surface area contributed by atoms with Crippen LogP contribution in [0.3, 0.4) is 0 Å². The molecular formula is C30H46F3NO4. The number of unbranched alkanes of at least 4 members (excludes halogenated alkanes) is 9. The number of nitrogens with zero attached hydrogens (tertiary/aromatic N) is 1. The fourth-order valence-corrected chi connectivity index (χ4v) is 5.11. The first-order chi connectivity index (χ1) is 18.2. The second kappa shape index (κ2) is 17.5. The van der Waals surface area contributed by atoms with Crippen molar-refractivity contribution in [1.29, 1.82) is 0 Å². The molecule has 0 saturated carbocycles. The molecule has 1 aromatic carbocycles. The Morgan fingerprint density at radius 1 is 0.921 bits per heavy atom. The van der Waals surface area contributed by atoms with E-state index in [1.54, 1.807) is 24.3 Å². The predicted octanol–water partition coefficient (Wildman–Crippen LogP) is 7.45. The zero-order valence-corrected chi connectivity index (χ0v) is 23.2. The third-order valence-corrected chi connectivity index (χ3v) is 7.38. The van der Waals surface area contributed by atoms with E-state index in [-0.39, 0.29) is 24.5 Å². The van der Waals surface area contributed by atoms with Gasteiger partial charge in [0.2, 0.25) is 5.78 Å². The second-order valence-corrected chi connectivity index (χ2v) is 10.5. The lowest BCUT2D eigenvalue weighted by Gasteiger charge is -2.23. The number of ketones is 1. The van der Waals surface area contributed by atoms with Gasteiger partial charge in [-0.25, -0.2) is 0 Å². The van der Waals surface area contributed by atoms with Crippen LogP contribution in [-0.2, 0) is 20.7 Å². The molecule has 0 bridgehead atoms. The van der Waals surface area contributed by atoms with Crippen molar-refractivity contribution in [2.45, 2.75) is 122 Å². The number of halogens is 3. The van der Waals surface area contributed by atoms with Gasteiger partial charge in [-0.1, -0.05) is 76.8 Å². The molecule has 1 aliphatic heterocycles. The van der Waals surface area contributed by atoms with Gasteiger partial charge in [0.05, 0.1) is 7.11 Å². The molecule has 0 aromatic heterocycles. The Bertz CT molecular complexity index is 813. The molecule has 38 heavy (non-hydrogen) atoms. The van der Waals surface area contributed by atoms with Gasteiger partial charge in [0, 0.05) is 31.8 Å². The largest absolute Gasteiger partial charge is 0.489 e. The smallest absolute Gasteiger partial charge is 0.449 e. The molecule has 1 aromatic rings. The molecule has 5 nitrogen and oxygen atoms in total. The highest BCUT2D eigenvalue weighted by molar-refractivity contribution is 5.84. The first-order valence-corrected chi connectivity index (χ1v) is 14.4. The zero-order valence-electron chi connectivity index (χ0n) is 23.2. The molecule has 8 heteroatoms. The van der Waals surface area contributed by atoms with Crippen LogP contribution >= 0.6 is 0 Å². The molecule has 216 valence electrons. The molecule has 0 amide bonds. The summed E-state index contributed by atoms with van der Waals surface area (Å²) in [6.07, 6.45) is 9.52. The van der Waals surface area contributed by atoms with Gasteiger partial charge in [0.25, 0.3) is 0 Å². The van der Waals surface area contributed by atoms with E-state index in [0.29, 0.717) is 17.7 Å². The fraction of sp³-hybridized carbons (Fsp3) is 0.733. The van der Waals surface area contributed by atoms with E-state index in [1.165, 1.54) is 64.9 Å². The highest BCUT2D eigenvalue weighted by atomic mass is 19.4. The van der Waals surface area contributed by atoms with Crippen molar-refractivity contribution >= 4 is 11.8 Å². The quantitative estimate of drug-likeness (QED) is 0.135. The van der Waals surface area contributed by atoms with E-state index < -0.39 is 18.4 Å². The minimum Gasteiger partial charge on any atom is -0.489 e. The van der Waals surface area contributed by atoms with E-state index in [1.807, 2.05) is 0 Å². The average molecular weight is 542 g/mol. The van der Waals surface area contributed by atoms with Crippen LogP contribution in [0.5, 0.6) is 5.75 Å². The van der Waals surface area contributed by atoms with Crippen molar-refractivity contribution in [1.82, 2.24) is 4.90 Å². The Hall–Kier alpha value is -2.09. The van der Waals surface area contributed by atoms with Gasteiger partial charge in [-0.2, -0.15) is 13.2 Å². The maximum absolute atomic E-state index is 12.4. The number of Topliss-reactive ketones (excluding diaryl/α,β-unsaturated/α-hetero) is 1. The van der Waals surface area contributed by atoms with Crippen LogP contribution in [0.15, 0.2) is 24.3 Å². The SMILES string of the molecule is CCCCCCCCCCCCN1C[C@@H](Oc2ccc(CCC(=O)C(F)(F)F)cc2)C[C@@H]1CCC(=O)OC. The van der Waals surface area contributed by atoms with Crippen LogP contribution < -0.4 is 4.74 Å². The summed E-state index contributed by atoms with van der Waals surface area (Å²) in [6.45, 7) is 4.01. The molecule has 1 fully saturated rings. The van der Waals surface area contributed by atoms with Crippen molar-refractivity contribution in [3.8, 4) is 5.75 Å². The minimum absolute atomic E-state index is 0.0153. The molecule has 0 radical (unpaired) electrons. The summed E-state index contributed by atoms with van der Waals surface area (Å²) in [5.74, 6) is -1.24. The summed E-state index contributed by atoms with van der Waals surface area (Å²) in [6, 6.07) is 7.18. The van der Waals surface area contributed by atoms with Crippen molar-refractivity contribution in [3.63, 3.8) is 0 Å². The van der Waals surface area contributed by atoms with Gasteiger partial charge in [-0.15, -0.1) is 0 Å². The Morgan fingerprint density at radius 2 is 1.53 bits per heavy atom. The molecule has 0 spiro atoms. The summed E-state index contributed by atoms with van der Waals surface area (Å²) >= 11 is 0. The number of likely N-dealkylation sites (tertiary alicyclic amines) is 1. The molecule has 1 heterocycles. The third-order valence-electron chi connectivity index (χ3n) is 7.38. The van der Waals surface area contributed by atoms with E-state index in [0.717, 1.165) is 32.4 Å². The minimum atomic E-state index is -4.78. The summed E-state index contributed by atoms with van der Waals surface area (Å²) in [5.41, 5.74) is 0.667. The van der Waals surface area contributed by atoms with Crippen molar-refractivity contribution in [3.05, 3.63) is 29.8 Å². The monoisotopic (exact) mass is 541 g/mol. The number of esters is 1. The first kappa shape index (κ1) is 32.1. The van der Waals surface area contributed by atoms with Crippen molar-refractivity contribution in [2.75, 3.05) is 20.2 Å². The van der Waals surface area contributed by atoms with E-state index >= 15 is 0 Å². The normalized spacial score (nSPS) is 18.0. The molecule has 0 aliphatic carbocycles. The summed E-state index contributed by atoms with van der Waals surface area (Å²) in [5, 5.41) is 0. The third kappa shape index (κ3) is 12.6. The number of methoxy groups -OCH3 is 1. The molecule has 1 saturated heterocycles. The van der Waals surface area contributed by atoms with Gasteiger partial charge in [0.15, 0.2) is 0 Å². The molecule has 0 N–H and O–H groups in total. The number of hydrogen-bond acceptors (Lipinski definition) is 5. The van der Waals surface area contributed by atoms with Crippen LogP contribution in [-0.4, -0.2) is 55.2 Å².